The van der Waals surface area contributed by atoms with E-state index >= 15 is 0 Å². The van der Waals surface area contributed by atoms with Gasteiger partial charge >= 0.3 is 0 Å². The summed E-state index contributed by atoms with van der Waals surface area (Å²) in [7, 11) is 0. The Bertz CT molecular complexity index is 167. The van der Waals surface area contributed by atoms with Gasteiger partial charge in [0.1, 0.15) is 0 Å². The van der Waals surface area contributed by atoms with E-state index in [1.54, 1.807) is 5.37 Å². The Labute approximate surface area is 54.2 Å². The van der Waals surface area contributed by atoms with Crippen molar-refractivity contribution >= 4 is 17.6 Å². The Morgan fingerprint density at radius 1 is 1.50 bits per heavy atom. The molecule has 1 rings (SSSR count). The van der Waals surface area contributed by atoms with Gasteiger partial charge in [0.05, 0.1) is 0 Å². The highest BCUT2D eigenvalue weighted by molar-refractivity contribution is 7.79. The third-order valence-corrected chi connectivity index (χ3v) is 1.11. The molecule has 0 aliphatic carbocycles. The number of benzene rings is 1. The minimum Gasteiger partial charge on any atom is -0.0881 e. The van der Waals surface area contributed by atoms with Crippen LogP contribution in [0.4, 0.5) is 0 Å². The molecule has 0 heterocycles. The molecule has 0 N–H and O–H groups in total. The van der Waals surface area contributed by atoms with Gasteiger partial charge in [-0.3, -0.25) is 0 Å². The lowest BCUT2D eigenvalue weighted by atomic mass is 10.2. The molecule has 1 radical (unpaired) electrons. The van der Waals surface area contributed by atoms with Crippen molar-refractivity contribution in [2.75, 3.05) is 0 Å². The van der Waals surface area contributed by atoms with E-state index in [2.05, 4.69) is 18.3 Å². The molecule has 0 aromatic heterocycles. The summed E-state index contributed by atoms with van der Waals surface area (Å²) in [6, 6.07) is 10.6. The first-order valence-electron chi connectivity index (χ1n) is 2.35. The van der Waals surface area contributed by atoms with Crippen molar-refractivity contribution in [1.82, 2.24) is 0 Å². The average molecular weight is 121 g/mol. The summed E-state index contributed by atoms with van der Waals surface area (Å²) in [4.78, 5) is 0. The van der Waals surface area contributed by atoms with E-state index in [0.29, 0.717) is 0 Å². The largest absolute Gasteiger partial charge is 0.0881 e. The van der Waals surface area contributed by atoms with Crippen LogP contribution in [0.25, 0.3) is 0 Å². The van der Waals surface area contributed by atoms with Crippen LogP contribution in [0.15, 0.2) is 24.3 Å². The standard InChI is InChI=1S/C7H5S/c8-6-7-4-2-1-3-5-7/h1-4,6H. The van der Waals surface area contributed by atoms with Gasteiger partial charge in [-0.25, -0.2) is 0 Å². The molecule has 1 aromatic rings. The van der Waals surface area contributed by atoms with Crippen molar-refractivity contribution in [3.63, 3.8) is 0 Å². The van der Waals surface area contributed by atoms with Crippen molar-refractivity contribution in [3.8, 4) is 0 Å². The second-order valence-electron chi connectivity index (χ2n) is 1.44. The molecule has 0 atom stereocenters. The molecule has 8 heavy (non-hydrogen) atoms. The topological polar surface area (TPSA) is 0 Å². The highest BCUT2D eigenvalue weighted by Crippen LogP contribution is 1.91. The SMILES string of the molecule is S=Cc1[c]cccc1. The zero-order valence-corrected chi connectivity index (χ0v) is 5.11. The smallest absolute Gasteiger partial charge is 0.00923 e. The molecule has 0 bridgehead atoms. The molecule has 1 aromatic carbocycles. The first kappa shape index (κ1) is 5.45. The Balaban J connectivity index is 2.99. The molecule has 0 amide bonds. The van der Waals surface area contributed by atoms with Gasteiger partial charge in [-0.1, -0.05) is 36.5 Å². The zero-order valence-electron chi connectivity index (χ0n) is 4.29. The van der Waals surface area contributed by atoms with Gasteiger partial charge in [0, 0.05) is 5.37 Å². The summed E-state index contributed by atoms with van der Waals surface area (Å²) in [6.07, 6.45) is 0. The van der Waals surface area contributed by atoms with E-state index in [-0.39, 0.29) is 0 Å². The van der Waals surface area contributed by atoms with Gasteiger partial charge in [-0.2, -0.15) is 0 Å². The maximum absolute atomic E-state index is 4.66. The summed E-state index contributed by atoms with van der Waals surface area (Å²) in [5.74, 6) is 0. The van der Waals surface area contributed by atoms with Crippen molar-refractivity contribution in [1.29, 1.82) is 0 Å². The molecular weight excluding hydrogens is 116 g/mol. The van der Waals surface area contributed by atoms with E-state index in [1.165, 1.54) is 0 Å². The van der Waals surface area contributed by atoms with Crippen molar-refractivity contribution in [2.24, 2.45) is 0 Å². The van der Waals surface area contributed by atoms with Gasteiger partial charge in [-0.15, -0.1) is 0 Å². The summed E-state index contributed by atoms with van der Waals surface area (Å²) in [6.45, 7) is 0. The first-order chi connectivity index (χ1) is 3.93. The lowest BCUT2D eigenvalue weighted by molar-refractivity contribution is 1.67. The Hall–Kier alpha value is -0.690. The second-order valence-corrected chi connectivity index (χ2v) is 1.67. The number of hydrogen-bond acceptors (Lipinski definition) is 1. The average Bonchev–Trinajstić information content (AvgIpc) is 1.90. The van der Waals surface area contributed by atoms with Crippen molar-refractivity contribution in [3.05, 3.63) is 35.9 Å². The summed E-state index contributed by atoms with van der Waals surface area (Å²) < 4.78 is 0. The van der Waals surface area contributed by atoms with Gasteiger partial charge in [0.15, 0.2) is 0 Å². The fourth-order valence-corrected chi connectivity index (χ4v) is 0.627. The molecule has 0 aliphatic rings. The van der Waals surface area contributed by atoms with Crippen LogP contribution in [0.5, 0.6) is 0 Å². The molecule has 39 valence electrons. The molecule has 0 aliphatic heterocycles. The maximum atomic E-state index is 4.66. The van der Waals surface area contributed by atoms with Gasteiger partial charge in [-0.05, 0) is 11.6 Å². The highest BCUT2D eigenvalue weighted by atomic mass is 32.1. The minimum absolute atomic E-state index is 0.975. The number of rotatable bonds is 1. The Morgan fingerprint density at radius 3 is 2.75 bits per heavy atom. The quantitative estimate of drug-likeness (QED) is 0.511. The molecule has 0 spiro atoms. The molecule has 0 saturated carbocycles. The Morgan fingerprint density at radius 2 is 2.38 bits per heavy atom. The van der Waals surface area contributed by atoms with Crippen LogP contribution in [0.3, 0.4) is 0 Å². The second kappa shape index (κ2) is 2.58. The number of hydrogen-bond donors (Lipinski definition) is 0. The van der Waals surface area contributed by atoms with Crippen LogP contribution in [-0.2, 0) is 0 Å². The normalized spacial score (nSPS) is 8.50. The van der Waals surface area contributed by atoms with E-state index in [9.17, 15) is 0 Å². The molecular formula is C7H5S. The van der Waals surface area contributed by atoms with E-state index < -0.39 is 0 Å². The van der Waals surface area contributed by atoms with Crippen molar-refractivity contribution < 1.29 is 0 Å². The molecule has 0 unspecified atom stereocenters. The van der Waals surface area contributed by atoms with Crippen LogP contribution in [0.1, 0.15) is 5.56 Å². The molecule has 1 heteroatoms. The summed E-state index contributed by atoms with van der Waals surface area (Å²) in [5, 5.41) is 1.61. The predicted octanol–water partition coefficient (Wildman–Crippen LogP) is 1.83. The van der Waals surface area contributed by atoms with Gasteiger partial charge in [0.25, 0.3) is 0 Å². The number of thiocarbonyl (C=S) groups is 1. The maximum Gasteiger partial charge on any atom is 0.00923 e. The van der Waals surface area contributed by atoms with Gasteiger partial charge in [0.2, 0.25) is 0 Å². The zero-order chi connectivity index (χ0) is 5.82. The third-order valence-electron chi connectivity index (χ3n) is 0.860. The third kappa shape index (κ3) is 1.14. The Kier molecular flexibility index (Phi) is 1.75. The predicted molar refractivity (Wildman–Crippen MR) is 38.0 cm³/mol. The van der Waals surface area contributed by atoms with Crippen LogP contribution in [0.2, 0.25) is 0 Å². The van der Waals surface area contributed by atoms with Gasteiger partial charge < -0.3 is 0 Å². The highest BCUT2D eigenvalue weighted by Gasteiger charge is 1.78. The molecule has 0 fully saturated rings. The first-order valence-corrected chi connectivity index (χ1v) is 2.82. The molecule has 0 nitrogen and oxygen atoms in total. The minimum atomic E-state index is 0.975. The molecule has 0 saturated heterocycles. The van der Waals surface area contributed by atoms with Crippen LogP contribution in [0, 0.1) is 6.07 Å². The van der Waals surface area contributed by atoms with Crippen LogP contribution in [-0.4, -0.2) is 5.37 Å². The monoisotopic (exact) mass is 121 g/mol. The van der Waals surface area contributed by atoms with Crippen LogP contribution < -0.4 is 0 Å². The van der Waals surface area contributed by atoms with Crippen molar-refractivity contribution in [2.45, 2.75) is 0 Å². The van der Waals surface area contributed by atoms with E-state index in [1.807, 2.05) is 24.3 Å². The summed E-state index contributed by atoms with van der Waals surface area (Å²) in [5.41, 5.74) is 0.975. The lowest BCUT2D eigenvalue weighted by Gasteiger charge is -1.83. The lowest BCUT2D eigenvalue weighted by Crippen LogP contribution is -1.72. The fourth-order valence-electron chi connectivity index (χ4n) is 0.481. The summed E-state index contributed by atoms with van der Waals surface area (Å²) >= 11 is 4.66. The van der Waals surface area contributed by atoms with Crippen LogP contribution >= 0.6 is 12.2 Å². The van der Waals surface area contributed by atoms with E-state index in [4.69, 9.17) is 0 Å². The van der Waals surface area contributed by atoms with E-state index in [0.717, 1.165) is 5.56 Å². The fraction of sp³-hybridized carbons (Fsp3) is 0.